The second-order valence-corrected chi connectivity index (χ2v) is 7.43. The number of imidazole rings is 1. The molecule has 0 saturated carbocycles. The van der Waals surface area contributed by atoms with Crippen LogP contribution in [0.25, 0.3) is 22.4 Å². The lowest BCUT2D eigenvalue weighted by Gasteiger charge is -2.24. The minimum atomic E-state index is -0.863. The number of para-hydroxylation sites is 1. The van der Waals surface area contributed by atoms with Gasteiger partial charge in [0.25, 0.3) is 0 Å². The molecular weight excluding hydrogens is 382 g/mol. The number of amides is 1. The lowest BCUT2D eigenvalue weighted by atomic mass is 10.2. The average Bonchev–Trinajstić information content (AvgIpc) is 3.02. The van der Waals surface area contributed by atoms with Crippen molar-refractivity contribution < 1.29 is 9.53 Å². The summed E-state index contributed by atoms with van der Waals surface area (Å²) in [7, 11) is 2.06. The molecule has 9 heteroatoms. The van der Waals surface area contributed by atoms with E-state index in [-0.39, 0.29) is 0 Å². The molecule has 9 nitrogen and oxygen atoms in total. The second-order valence-electron chi connectivity index (χ2n) is 7.43. The van der Waals surface area contributed by atoms with Crippen LogP contribution in [0.5, 0.6) is 5.75 Å². The molecule has 2 aromatic heterocycles. The van der Waals surface area contributed by atoms with Crippen LogP contribution in [0.15, 0.2) is 36.5 Å². The third kappa shape index (κ3) is 4.69. The van der Waals surface area contributed by atoms with Gasteiger partial charge in [-0.15, -0.1) is 0 Å². The number of anilines is 1. The third-order valence-corrected chi connectivity index (χ3v) is 5.28. The van der Waals surface area contributed by atoms with E-state index in [4.69, 9.17) is 10.5 Å². The molecule has 1 saturated heterocycles. The summed E-state index contributed by atoms with van der Waals surface area (Å²) in [5.41, 5.74) is 7.31. The van der Waals surface area contributed by atoms with Crippen molar-refractivity contribution in [3.05, 3.63) is 36.5 Å². The lowest BCUT2D eigenvalue weighted by molar-refractivity contribution is 0.211. The molecule has 1 aliphatic rings. The van der Waals surface area contributed by atoms with Crippen LogP contribution in [0.3, 0.4) is 0 Å². The quantitative estimate of drug-likeness (QED) is 0.569. The highest BCUT2D eigenvalue weighted by Gasteiger charge is 2.13. The van der Waals surface area contributed by atoms with E-state index in [0.29, 0.717) is 17.1 Å². The Kier molecular flexibility index (Phi) is 6.10. The van der Waals surface area contributed by atoms with Crippen molar-refractivity contribution in [2.24, 2.45) is 5.73 Å². The van der Waals surface area contributed by atoms with Crippen LogP contribution < -0.4 is 20.7 Å². The molecule has 158 valence electrons. The maximum absolute atomic E-state index is 11.1. The first-order valence-electron chi connectivity index (χ1n) is 10.2. The van der Waals surface area contributed by atoms with Crippen molar-refractivity contribution in [3.63, 3.8) is 0 Å². The molecule has 4 rings (SSSR count). The fraction of sp³-hybridized carbons (Fsp3) is 0.381. The van der Waals surface area contributed by atoms with Gasteiger partial charge in [-0.2, -0.15) is 0 Å². The van der Waals surface area contributed by atoms with Gasteiger partial charge < -0.3 is 30.6 Å². The van der Waals surface area contributed by atoms with Crippen molar-refractivity contribution >= 4 is 22.9 Å². The summed E-state index contributed by atoms with van der Waals surface area (Å²) in [5, 5.41) is 3.43. The van der Waals surface area contributed by atoms with Crippen LogP contribution in [-0.2, 0) is 0 Å². The number of benzene rings is 1. The van der Waals surface area contributed by atoms with Gasteiger partial charge in [-0.3, -0.25) is 0 Å². The average molecular weight is 409 g/mol. The third-order valence-electron chi connectivity index (χ3n) is 5.28. The summed E-state index contributed by atoms with van der Waals surface area (Å²) >= 11 is 0. The number of pyridine rings is 1. The highest BCUT2D eigenvalue weighted by molar-refractivity contribution is 5.87. The lowest BCUT2D eigenvalue weighted by Crippen LogP contribution is -2.35. The molecule has 1 fully saturated rings. The molecule has 0 atom stereocenters. The summed E-state index contributed by atoms with van der Waals surface area (Å²) in [6.45, 7) is 6.33. The first-order chi connectivity index (χ1) is 14.6. The molecule has 4 N–H and O–H groups in total. The van der Waals surface area contributed by atoms with Gasteiger partial charge in [-0.05, 0) is 43.8 Å². The number of primary amides is 1. The SMILES string of the molecule is CN(CCN1CCCNCC1)c1ccc(-c2nc3c(OC(N)=O)cccc3[nH]2)cn1. The Morgan fingerprint density at radius 2 is 2.17 bits per heavy atom. The highest BCUT2D eigenvalue weighted by Crippen LogP contribution is 2.27. The Labute approximate surface area is 175 Å². The smallest absolute Gasteiger partial charge is 0.408 e. The number of aromatic nitrogens is 3. The van der Waals surface area contributed by atoms with Gasteiger partial charge in [0.15, 0.2) is 5.75 Å². The molecule has 1 aromatic carbocycles. The zero-order chi connectivity index (χ0) is 20.9. The predicted molar refractivity (Wildman–Crippen MR) is 117 cm³/mol. The number of fused-ring (bicyclic) bond motifs is 1. The topological polar surface area (TPSA) is 112 Å². The molecule has 30 heavy (non-hydrogen) atoms. The van der Waals surface area contributed by atoms with Gasteiger partial charge in [0.05, 0.1) is 5.52 Å². The first-order valence-corrected chi connectivity index (χ1v) is 10.2. The van der Waals surface area contributed by atoms with Crippen LogP contribution in [0.4, 0.5) is 10.6 Å². The number of carbonyl (C=O) groups is 1. The number of nitrogens with two attached hydrogens (primary N) is 1. The van der Waals surface area contributed by atoms with E-state index in [2.05, 4.69) is 37.1 Å². The van der Waals surface area contributed by atoms with Crippen LogP contribution in [0.2, 0.25) is 0 Å². The van der Waals surface area contributed by atoms with Crippen molar-refractivity contribution in [1.82, 2.24) is 25.2 Å². The number of aromatic amines is 1. The molecule has 3 aromatic rings. The second kappa shape index (κ2) is 9.10. The first kappa shape index (κ1) is 20.1. The Morgan fingerprint density at radius 3 is 2.97 bits per heavy atom. The van der Waals surface area contributed by atoms with E-state index >= 15 is 0 Å². The number of rotatable bonds is 6. The van der Waals surface area contributed by atoms with E-state index in [0.717, 1.165) is 56.2 Å². The molecule has 3 heterocycles. The van der Waals surface area contributed by atoms with Crippen molar-refractivity contribution in [2.45, 2.75) is 6.42 Å². The molecular formula is C21H27N7O2. The van der Waals surface area contributed by atoms with E-state index < -0.39 is 6.09 Å². The molecule has 1 amide bonds. The van der Waals surface area contributed by atoms with Crippen LogP contribution >= 0.6 is 0 Å². The molecule has 0 radical (unpaired) electrons. The molecule has 1 aliphatic heterocycles. The van der Waals surface area contributed by atoms with Crippen LogP contribution in [0, 0.1) is 0 Å². The number of ether oxygens (including phenoxy) is 1. The van der Waals surface area contributed by atoms with Gasteiger partial charge in [0, 0.05) is 45.0 Å². The van der Waals surface area contributed by atoms with Crippen LogP contribution in [0.1, 0.15) is 6.42 Å². The van der Waals surface area contributed by atoms with E-state index in [1.807, 2.05) is 18.2 Å². The molecule has 0 aliphatic carbocycles. The minimum Gasteiger partial charge on any atom is -0.408 e. The van der Waals surface area contributed by atoms with E-state index in [9.17, 15) is 4.79 Å². The fourth-order valence-corrected chi connectivity index (χ4v) is 3.62. The standard InChI is InChI=1S/C21H27N7O2/c1-27(12-13-28-10-3-8-23-9-11-28)18-7-6-15(14-24-18)20-25-16-4-2-5-17(19(16)26-20)30-21(22)29/h2,4-7,14,23H,3,8-13H2,1H3,(H2,22,29)(H,25,26). The van der Waals surface area contributed by atoms with Gasteiger partial charge >= 0.3 is 6.09 Å². The monoisotopic (exact) mass is 409 g/mol. The summed E-state index contributed by atoms with van der Waals surface area (Å²) in [6.07, 6.45) is 2.13. The predicted octanol–water partition coefficient (Wildman–Crippen LogP) is 1.81. The van der Waals surface area contributed by atoms with E-state index in [1.165, 1.54) is 6.42 Å². The Hall–Kier alpha value is -3.17. The Balaban J connectivity index is 1.44. The van der Waals surface area contributed by atoms with Crippen molar-refractivity contribution in [3.8, 4) is 17.1 Å². The highest BCUT2D eigenvalue weighted by atomic mass is 16.5. The number of hydrogen-bond donors (Lipinski definition) is 3. The summed E-state index contributed by atoms with van der Waals surface area (Å²) in [4.78, 5) is 28.2. The maximum atomic E-state index is 11.1. The summed E-state index contributed by atoms with van der Waals surface area (Å²) in [6, 6.07) is 9.29. The maximum Gasteiger partial charge on any atom is 0.410 e. The number of carbonyl (C=O) groups excluding carboxylic acids is 1. The van der Waals surface area contributed by atoms with Gasteiger partial charge in [0.1, 0.15) is 17.2 Å². The zero-order valence-corrected chi connectivity index (χ0v) is 17.1. The fourth-order valence-electron chi connectivity index (χ4n) is 3.62. The van der Waals surface area contributed by atoms with Crippen molar-refractivity contribution in [1.29, 1.82) is 0 Å². The number of hydrogen-bond acceptors (Lipinski definition) is 7. The zero-order valence-electron chi connectivity index (χ0n) is 17.1. The number of nitrogens with one attached hydrogen (secondary N) is 2. The summed E-state index contributed by atoms with van der Waals surface area (Å²) in [5.74, 6) is 1.90. The van der Waals surface area contributed by atoms with E-state index in [1.54, 1.807) is 18.3 Å². The van der Waals surface area contributed by atoms with Crippen LogP contribution in [-0.4, -0.2) is 72.3 Å². The largest absolute Gasteiger partial charge is 0.410 e. The number of H-pyrrole nitrogens is 1. The summed E-state index contributed by atoms with van der Waals surface area (Å²) < 4.78 is 5.04. The van der Waals surface area contributed by atoms with Gasteiger partial charge in [-0.25, -0.2) is 14.8 Å². The minimum absolute atomic E-state index is 0.329. The molecule has 0 unspecified atom stereocenters. The normalized spacial score (nSPS) is 15.1. The van der Waals surface area contributed by atoms with Gasteiger partial charge in [-0.1, -0.05) is 6.07 Å². The number of likely N-dealkylation sites (N-methyl/N-ethyl adjacent to an activating group) is 1. The van der Waals surface area contributed by atoms with Gasteiger partial charge in [0.2, 0.25) is 0 Å². The molecule has 0 spiro atoms. The molecule has 0 bridgehead atoms. The Bertz CT molecular complexity index is 994. The van der Waals surface area contributed by atoms with Crippen molar-refractivity contribution in [2.75, 3.05) is 51.2 Å². The number of nitrogens with zero attached hydrogens (tertiary/aromatic N) is 4. The Morgan fingerprint density at radius 1 is 1.27 bits per heavy atom.